The first kappa shape index (κ1) is 10.7. The molecule has 6 nitrogen and oxygen atoms in total. The van der Waals surface area contributed by atoms with Crippen LogP contribution in [0.4, 0.5) is 0 Å². The molecule has 0 fully saturated rings. The fraction of sp³-hybridized carbons (Fsp3) is 0.0667. The van der Waals surface area contributed by atoms with E-state index in [9.17, 15) is 10.2 Å². The first-order valence-corrected chi connectivity index (χ1v) is 6.60. The third-order valence-electron chi connectivity index (χ3n) is 4.07. The van der Waals surface area contributed by atoms with Crippen LogP contribution in [0.15, 0.2) is 34.3 Å². The van der Waals surface area contributed by atoms with Crippen LogP contribution < -0.4 is 10.7 Å². The normalized spacial score (nSPS) is 13.7. The number of aromatic nitrogens is 2. The molecule has 6 heteroatoms. The molecule has 1 aliphatic heterocycles. The molecule has 4 N–H and O–H groups in total. The van der Waals surface area contributed by atoms with Crippen LogP contribution in [0.3, 0.4) is 0 Å². The molecular weight excluding hydrogens is 268 g/mol. The SMILES string of the molecule is Oc1[nH]c(O)c2c1c1c(c3[nH]c4ccccc4c32)=NCN=1. The molecule has 0 saturated carbocycles. The highest BCUT2D eigenvalue weighted by Crippen LogP contribution is 2.37. The highest BCUT2D eigenvalue weighted by Gasteiger charge is 2.21. The summed E-state index contributed by atoms with van der Waals surface area (Å²) in [7, 11) is 0. The van der Waals surface area contributed by atoms with Crippen molar-refractivity contribution < 1.29 is 10.2 Å². The lowest BCUT2D eigenvalue weighted by Crippen LogP contribution is -2.23. The molecule has 0 atom stereocenters. The Bertz CT molecular complexity index is 1180. The van der Waals surface area contributed by atoms with E-state index in [-0.39, 0.29) is 11.8 Å². The van der Waals surface area contributed by atoms with Crippen molar-refractivity contribution in [3.05, 3.63) is 35.0 Å². The van der Waals surface area contributed by atoms with Gasteiger partial charge in [-0.2, -0.15) is 0 Å². The summed E-state index contributed by atoms with van der Waals surface area (Å²) in [6.45, 7) is 0.338. The van der Waals surface area contributed by atoms with Gasteiger partial charge in [0.2, 0.25) is 5.88 Å². The molecule has 0 unspecified atom stereocenters. The van der Waals surface area contributed by atoms with Gasteiger partial charge in [0.1, 0.15) is 17.4 Å². The number of H-pyrrole nitrogens is 2. The van der Waals surface area contributed by atoms with Gasteiger partial charge in [0, 0.05) is 16.3 Å². The number of rotatable bonds is 0. The molecule has 0 radical (unpaired) electrons. The molecule has 0 spiro atoms. The van der Waals surface area contributed by atoms with Crippen LogP contribution in [-0.4, -0.2) is 26.8 Å². The molecule has 0 saturated heterocycles. The van der Waals surface area contributed by atoms with Gasteiger partial charge in [-0.1, -0.05) is 18.2 Å². The average Bonchev–Trinajstić information content (AvgIpc) is 3.14. The summed E-state index contributed by atoms with van der Waals surface area (Å²) in [5.74, 6) is -0.131. The zero-order valence-electron chi connectivity index (χ0n) is 10.8. The number of benzene rings is 2. The molecule has 0 aliphatic carbocycles. The average molecular weight is 278 g/mol. The van der Waals surface area contributed by atoms with Crippen LogP contribution in [0.1, 0.15) is 0 Å². The number of aromatic hydroxyl groups is 2. The number of aromatic amines is 2. The van der Waals surface area contributed by atoms with Gasteiger partial charge in [0.05, 0.1) is 16.3 Å². The summed E-state index contributed by atoms with van der Waals surface area (Å²) in [6, 6.07) is 7.85. The molecular formula is C15H10N4O2. The van der Waals surface area contributed by atoms with Gasteiger partial charge in [-0.25, -0.2) is 0 Å². The van der Waals surface area contributed by atoms with Gasteiger partial charge in [-0.15, -0.1) is 0 Å². The smallest absolute Gasteiger partial charge is 0.201 e. The molecule has 102 valence electrons. The number of nitrogens with zero attached hydrogens (tertiary/aromatic N) is 2. The van der Waals surface area contributed by atoms with Crippen molar-refractivity contribution in [1.82, 2.24) is 9.97 Å². The lowest BCUT2D eigenvalue weighted by atomic mass is 10.1. The van der Waals surface area contributed by atoms with E-state index in [0.717, 1.165) is 27.2 Å². The van der Waals surface area contributed by atoms with Crippen molar-refractivity contribution in [2.45, 2.75) is 0 Å². The number of para-hydroxylation sites is 1. The van der Waals surface area contributed by atoms with Gasteiger partial charge in [-0.3, -0.25) is 15.0 Å². The van der Waals surface area contributed by atoms with Gasteiger partial charge in [0.25, 0.3) is 0 Å². The predicted octanol–water partition coefficient (Wildman–Crippen LogP) is 1.42. The maximum atomic E-state index is 10.2. The largest absolute Gasteiger partial charge is 0.494 e. The van der Waals surface area contributed by atoms with E-state index >= 15 is 0 Å². The second kappa shape index (κ2) is 3.35. The van der Waals surface area contributed by atoms with Crippen LogP contribution in [0.25, 0.3) is 32.6 Å². The second-order valence-electron chi connectivity index (χ2n) is 5.15. The minimum atomic E-state index is -0.0771. The monoisotopic (exact) mass is 278 g/mol. The standard InChI is InChI=1S/C15H10N4O2/c20-14-9-8-6-3-1-2-4-7(6)18-12(8)13-11(16-5-17-13)10(9)15(21)19-14/h1-4,18-21H,5H2. The Morgan fingerprint density at radius 2 is 1.62 bits per heavy atom. The van der Waals surface area contributed by atoms with E-state index in [0.29, 0.717) is 22.8 Å². The van der Waals surface area contributed by atoms with Crippen LogP contribution in [0, 0.1) is 0 Å². The van der Waals surface area contributed by atoms with Crippen molar-refractivity contribution in [1.29, 1.82) is 0 Å². The summed E-state index contributed by atoms with van der Waals surface area (Å²) in [5, 5.41) is 24.6. The number of fused-ring (bicyclic) bond motifs is 8. The fourth-order valence-corrected chi connectivity index (χ4v) is 3.25. The lowest BCUT2D eigenvalue weighted by molar-refractivity contribution is 0.429. The molecule has 4 aromatic rings. The Labute approximate surface area is 117 Å². The molecule has 5 rings (SSSR count). The fourth-order valence-electron chi connectivity index (χ4n) is 3.25. The van der Waals surface area contributed by atoms with Gasteiger partial charge >= 0.3 is 0 Å². The maximum absolute atomic E-state index is 10.2. The Hall–Kier alpha value is -3.02. The first-order valence-electron chi connectivity index (χ1n) is 6.60. The van der Waals surface area contributed by atoms with Crippen LogP contribution in [-0.2, 0) is 0 Å². The minimum Gasteiger partial charge on any atom is -0.494 e. The molecule has 21 heavy (non-hydrogen) atoms. The van der Waals surface area contributed by atoms with E-state index in [2.05, 4.69) is 20.0 Å². The van der Waals surface area contributed by atoms with E-state index in [1.54, 1.807) is 0 Å². The highest BCUT2D eigenvalue weighted by molar-refractivity contribution is 6.22. The topological polar surface area (TPSA) is 96.8 Å². The Kier molecular flexibility index (Phi) is 1.71. The van der Waals surface area contributed by atoms with Crippen molar-refractivity contribution >= 4 is 32.6 Å². The predicted molar refractivity (Wildman–Crippen MR) is 78.2 cm³/mol. The number of hydrogen-bond donors (Lipinski definition) is 4. The Morgan fingerprint density at radius 3 is 2.52 bits per heavy atom. The molecule has 0 bridgehead atoms. The van der Waals surface area contributed by atoms with Crippen molar-refractivity contribution in [3.63, 3.8) is 0 Å². The van der Waals surface area contributed by atoms with Gasteiger partial charge in [-0.05, 0) is 6.07 Å². The first-order chi connectivity index (χ1) is 10.3. The molecule has 2 aromatic carbocycles. The highest BCUT2D eigenvalue weighted by atomic mass is 16.3. The van der Waals surface area contributed by atoms with Gasteiger partial charge < -0.3 is 15.2 Å². The van der Waals surface area contributed by atoms with Gasteiger partial charge in [0.15, 0.2) is 5.88 Å². The summed E-state index contributed by atoms with van der Waals surface area (Å²) >= 11 is 0. The van der Waals surface area contributed by atoms with Crippen molar-refractivity contribution in [2.75, 3.05) is 6.67 Å². The zero-order chi connectivity index (χ0) is 14.1. The minimum absolute atomic E-state index is 0.0536. The van der Waals surface area contributed by atoms with E-state index in [4.69, 9.17) is 0 Å². The Balaban J connectivity index is 2.30. The van der Waals surface area contributed by atoms with E-state index in [1.807, 2.05) is 24.3 Å². The summed E-state index contributed by atoms with van der Waals surface area (Å²) in [6.07, 6.45) is 0. The number of hydrogen-bond acceptors (Lipinski definition) is 4. The zero-order valence-corrected chi connectivity index (χ0v) is 10.8. The second-order valence-corrected chi connectivity index (χ2v) is 5.15. The number of nitrogens with one attached hydrogen (secondary N) is 2. The molecule has 2 aromatic heterocycles. The lowest BCUT2D eigenvalue weighted by Gasteiger charge is -1.96. The molecule has 1 aliphatic rings. The third-order valence-corrected chi connectivity index (χ3v) is 4.07. The molecule has 3 heterocycles. The summed E-state index contributed by atoms with van der Waals surface area (Å²) in [5.41, 5.74) is 1.80. The Morgan fingerprint density at radius 1 is 0.857 bits per heavy atom. The summed E-state index contributed by atoms with van der Waals surface area (Å²) in [4.78, 5) is 14.7. The van der Waals surface area contributed by atoms with Crippen LogP contribution in [0.5, 0.6) is 11.8 Å². The maximum Gasteiger partial charge on any atom is 0.201 e. The van der Waals surface area contributed by atoms with E-state index in [1.165, 1.54) is 0 Å². The van der Waals surface area contributed by atoms with Crippen LogP contribution >= 0.6 is 0 Å². The third kappa shape index (κ3) is 1.13. The van der Waals surface area contributed by atoms with Crippen molar-refractivity contribution in [3.8, 4) is 11.8 Å². The molecule has 0 amide bonds. The quantitative estimate of drug-likeness (QED) is 0.391. The van der Waals surface area contributed by atoms with Crippen LogP contribution in [0.2, 0.25) is 0 Å². The summed E-state index contributed by atoms with van der Waals surface area (Å²) < 4.78 is 0. The van der Waals surface area contributed by atoms with E-state index < -0.39 is 0 Å². The van der Waals surface area contributed by atoms with Crippen molar-refractivity contribution in [2.24, 2.45) is 9.98 Å².